The summed E-state index contributed by atoms with van der Waals surface area (Å²) in [6, 6.07) is 0. The molecule has 0 aliphatic heterocycles. The smallest absolute Gasteiger partial charge is 0.246 e. The highest BCUT2D eigenvalue weighted by atomic mass is 16.3. The number of amides is 1. The predicted molar refractivity (Wildman–Crippen MR) is 98.3 cm³/mol. The lowest BCUT2D eigenvalue weighted by molar-refractivity contribution is -0.117. The van der Waals surface area contributed by atoms with Crippen molar-refractivity contribution in [1.29, 1.82) is 0 Å². The van der Waals surface area contributed by atoms with Crippen molar-refractivity contribution in [3.8, 4) is 0 Å². The van der Waals surface area contributed by atoms with Crippen molar-refractivity contribution in [1.82, 2.24) is 15.5 Å². The Morgan fingerprint density at radius 2 is 1.54 bits per heavy atom. The fraction of sp³-hybridized carbons (Fsp3) is 0.611. The van der Waals surface area contributed by atoms with E-state index in [1.165, 1.54) is 0 Å². The average molecular weight is 339 g/mol. The minimum Gasteiger partial charge on any atom is -0.375 e. The lowest BCUT2D eigenvalue weighted by Gasteiger charge is -2.28. The van der Waals surface area contributed by atoms with Gasteiger partial charge in [0, 0.05) is 25.2 Å². The summed E-state index contributed by atoms with van der Waals surface area (Å²) in [6.45, 7) is 18.7. The van der Waals surface area contributed by atoms with Crippen LogP contribution in [0, 0.1) is 0 Å². The molecule has 0 rings (SSSR count). The number of nitrogens with one attached hydrogen (secondary N) is 2. The maximum atomic E-state index is 11.4. The van der Waals surface area contributed by atoms with Crippen molar-refractivity contribution >= 4 is 5.91 Å². The first-order chi connectivity index (χ1) is 11.2. The van der Waals surface area contributed by atoms with E-state index in [0.29, 0.717) is 49.3 Å². The number of hydrogen-bond acceptors (Lipinski definition) is 5. The largest absolute Gasteiger partial charge is 0.375 e. The lowest BCUT2D eigenvalue weighted by Crippen LogP contribution is -2.40. The Morgan fingerprint density at radius 1 is 1.00 bits per heavy atom. The second-order valence-corrected chi connectivity index (χ2v) is 6.20. The van der Waals surface area contributed by atoms with Gasteiger partial charge in [0.15, 0.2) is 0 Å². The van der Waals surface area contributed by atoms with Crippen molar-refractivity contribution in [3.63, 3.8) is 0 Å². The topological polar surface area (TPSA) is 84.8 Å². The molecule has 24 heavy (non-hydrogen) atoms. The molecule has 6 nitrogen and oxygen atoms in total. The van der Waals surface area contributed by atoms with Crippen LogP contribution in [0.1, 0.15) is 33.6 Å². The second-order valence-electron chi connectivity index (χ2n) is 6.20. The minimum absolute atomic E-state index is 0.153. The van der Waals surface area contributed by atoms with Crippen molar-refractivity contribution in [2.24, 2.45) is 0 Å². The Balaban J connectivity index is 4.24. The van der Waals surface area contributed by atoms with Crippen molar-refractivity contribution in [2.75, 3.05) is 26.2 Å². The van der Waals surface area contributed by atoms with Crippen LogP contribution in [0.5, 0.6) is 0 Å². The first-order valence-corrected chi connectivity index (χ1v) is 8.24. The van der Waals surface area contributed by atoms with Gasteiger partial charge in [-0.1, -0.05) is 19.7 Å². The van der Waals surface area contributed by atoms with Crippen LogP contribution in [-0.2, 0) is 4.79 Å². The number of hydrogen-bond donors (Lipinski definition) is 4. The van der Waals surface area contributed by atoms with E-state index in [0.717, 1.165) is 6.42 Å². The molecule has 4 N–H and O–H groups in total. The van der Waals surface area contributed by atoms with E-state index < -0.39 is 12.5 Å². The van der Waals surface area contributed by atoms with Crippen LogP contribution in [0.15, 0.2) is 36.5 Å². The molecule has 0 aromatic heterocycles. The van der Waals surface area contributed by atoms with Gasteiger partial charge in [-0.25, -0.2) is 0 Å². The van der Waals surface area contributed by atoms with Crippen LogP contribution in [0.4, 0.5) is 0 Å². The van der Waals surface area contributed by atoms with E-state index in [-0.39, 0.29) is 5.91 Å². The highest BCUT2D eigenvalue weighted by Crippen LogP contribution is 2.07. The van der Waals surface area contributed by atoms with E-state index in [4.69, 9.17) is 0 Å². The zero-order valence-corrected chi connectivity index (χ0v) is 15.3. The molecule has 0 aliphatic carbocycles. The molecule has 0 aromatic rings. The summed E-state index contributed by atoms with van der Waals surface area (Å²) in [6.07, 6.45) is 0.0487. The molecule has 1 amide bonds. The predicted octanol–water partition coefficient (Wildman–Crippen LogP) is 1.14. The number of aliphatic hydroxyl groups is 2. The standard InChI is InChI=1S/C18H33N3O3/c1-13(2)16(22)19-9-7-11-21(18(24)15(5)6)12-8-10-20-17(23)14(3)4/h16,18-19,22,24H,1,3,5,7-12H2,2,4,6H3,(H,20,23). The van der Waals surface area contributed by atoms with Gasteiger partial charge in [0.05, 0.1) is 0 Å². The van der Waals surface area contributed by atoms with E-state index in [1.807, 2.05) is 4.90 Å². The van der Waals surface area contributed by atoms with Crippen molar-refractivity contribution in [2.45, 2.75) is 46.1 Å². The van der Waals surface area contributed by atoms with Crippen LogP contribution < -0.4 is 10.6 Å². The van der Waals surface area contributed by atoms with Gasteiger partial charge in [0.25, 0.3) is 0 Å². The molecule has 0 radical (unpaired) electrons. The van der Waals surface area contributed by atoms with Gasteiger partial charge in [-0.15, -0.1) is 0 Å². The quantitative estimate of drug-likeness (QED) is 0.175. The third-order valence-electron chi connectivity index (χ3n) is 3.51. The van der Waals surface area contributed by atoms with Gasteiger partial charge in [-0.2, -0.15) is 0 Å². The number of carbonyl (C=O) groups is 1. The van der Waals surface area contributed by atoms with Gasteiger partial charge in [0.2, 0.25) is 5.91 Å². The Bertz CT molecular complexity index is 449. The summed E-state index contributed by atoms with van der Waals surface area (Å²) in [4.78, 5) is 13.3. The summed E-state index contributed by atoms with van der Waals surface area (Å²) in [5.74, 6) is -0.153. The molecule has 138 valence electrons. The van der Waals surface area contributed by atoms with E-state index in [2.05, 4.69) is 30.4 Å². The molecule has 2 unspecified atom stereocenters. The summed E-state index contributed by atoms with van der Waals surface area (Å²) in [7, 11) is 0. The van der Waals surface area contributed by atoms with E-state index in [9.17, 15) is 15.0 Å². The highest BCUT2D eigenvalue weighted by molar-refractivity contribution is 5.91. The SMILES string of the molecule is C=C(C)C(=O)NCCCN(CCCNC(O)C(=C)C)C(O)C(=C)C. The zero-order chi connectivity index (χ0) is 18.7. The number of aliphatic hydroxyl groups excluding tert-OH is 2. The van der Waals surface area contributed by atoms with Crippen LogP contribution in [0.2, 0.25) is 0 Å². The molecule has 0 aromatic carbocycles. The zero-order valence-electron chi connectivity index (χ0n) is 15.3. The molecule has 0 saturated carbocycles. The molecule has 0 aliphatic rings. The molecule has 0 saturated heterocycles. The van der Waals surface area contributed by atoms with E-state index in [1.54, 1.807) is 20.8 Å². The summed E-state index contributed by atoms with van der Waals surface area (Å²) >= 11 is 0. The highest BCUT2D eigenvalue weighted by Gasteiger charge is 2.16. The second kappa shape index (κ2) is 12.0. The van der Waals surface area contributed by atoms with Crippen molar-refractivity contribution in [3.05, 3.63) is 36.5 Å². The van der Waals surface area contributed by atoms with Gasteiger partial charge in [-0.05, 0) is 51.3 Å². The van der Waals surface area contributed by atoms with Crippen LogP contribution in [0.25, 0.3) is 0 Å². The molecule has 0 spiro atoms. The average Bonchev–Trinajstić information content (AvgIpc) is 2.51. The summed E-state index contributed by atoms with van der Waals surface area (Å²) in [5, 5.41) is 25.6. The number of carbonyl (C=O) groups excluding carboxylic acids is 1. The maximum Gasteiger partial charge on any atom is 0.246 e. The van der Waals surface area contributed by atoms with Crippen LogP contribution >= 0.6 is 0 Å². The Kier molecular flexibility index (Phi) is 11.2. The molecule has 0 heterocycles. The van der Waals surface area contributed by atoms with Gasteiger partial charge in [-0.3, -0.25) is 15.0 Å². The van der Waals surface area contributed by atoms with Crippen molar-refractivity contribution < 1.29 is 15.0 Å². The lowest BCUT2D eigenvalue weighted by atomic mass is 10.2. The first-order valence-electron chi connectivity index (χ1n) is 8.24. The summed E-state index contributed by atoms with van der Waals surface area (Å²) < 4.78 is 0. The van der Waals surface area contributed by atoms with Crippen LogP contribution in [0.3, 0.4) is 0 Å². The third-order valence-corrected chi connectivity index (χ3v) is 3.51. The number of rotatable bonds is 13. The fourth-order valence-electron chi connectivity index (χ4n) is 2.00. The summed E-state index contributed by atoms with van der Waals surface area (Å²) in [5.41, 5.74) is 1.83. The fourth-order valence-corrected chi connectivity index (χ4v) is 2.00. The Labute approximate surface area is 145 Å². The van der Waals surface area contributed by atoms with E-state index >= 15 is 0 Å². The number of nitrogens with zero attached hydrogens (tertiary/aromatic N) is 1. The maximum absolute atomic E-state index is 11.4. The Hall–Kier alpha value is -1.47. The monoisotopic (exact) mass is 339 g/mol. The molecule has 2 atom stereocenters. The Morgan fingerprint density at radius 3 is 2.00 bits per heavy atom. The minimum atomic E-state index is -0.715. The van der Waals surface area contributed by atoms with Gasteiger partial charge in [0.1, 0.15) is 12.5 Å². The first kappa shape index (κ1) is 22.5. The molecule has 6 heteroatoms. The molecule has 0 fully saturated rings. The normalized spacial score (nSPS) is 13.4. The molecule has 0 bridgehead atoms. The third kappa shape index (κ3) is 9.62. The van der Waals surface area contributed by atoms with Gasteiger partial charge >= 0.3 is 0 Å². The molecular formula is C18H33N3O3. The molecular weight excluding hydrogens is 306 g/mol. The van der Waals surface area contributed by atoms with Crippen LogP contribution in [-0.4, -0.2) is 59.7 Å². The van der Waals surface area contributed by atoms with Gasteiger partial charge < -0.3 is 15.5 Å².